The Hall–Kier alpha value is -3.18. The van der Waals surface area contributed by atoms with E-state index in [-0.39, 0.29) is 45.7 Å². The predicted octanol–water partition coefficient (Wildman–Crippen LogP) is 1.71. The first-order chi connectivity index (χ1) is 15.2. The molecule has 3 amide bonds. The Morgan fingerprint density at radius 3 is 2.47 bits per heavy atom. The highest BCUT2D eigenvalue weighted by atomic mass is 32.1. The number of nitrogens with one attached hydrogen (secondary N) is 1. The number of piperazine rings is 1. The van der Waals surface area contributed by atoms with E-state index in [1.54, 1.807) is 37.8 Å². The van der Waals surface area contributed by atoms with Crippen LogP contribution in [-0.4, -0.2) is 72.3 Å². The van der Waals surface area contributed by atoms with Gasteiger partial charge in [-0.1, -0.05) is 0 Å². The summed E-state index contributed by atoms with van der Waals surface area (Å²) in [5.74, 6) is -1.53. The average Bonchev–Trinajstić information content (AvgIpc) is 3.35. The second-order valence-electron chi connectivity index (χ2n) is 7.67. The van der Waals surface area contributed by atoms with Gasteiger partial charge in [0.05, 0.1) is 29.4 Å². The molecule has 0 unspecified atom stereocenters. The van der Waals surface area contributed by atoms with Crippen molar-refractivity contribution in [2.75, 3.05) is 38.0 Å². The molecule has 3 heterocycles. The fourth-order valence-electron chi connectivity index (χ4n) is 3.39. The number of furan rings is 1. The number of rotatable bonds is 7. The Bertz CT molecular complexity index is 1010. The van der Waals surface area contributed by atoms with Crippen molar-refractivity contribution in [3.63, 3.8) is 0 Å². The topological polar surface area (TPSA) is 135 Å². The highest BCUT2D eigenvalue weighted by Gasteiger charge is 2.28. The highest BCUT2D eigenvalue weighted by Crippen LogP contribution is 2.33. The van der Waals surface area contributed by atoms with E-state index in [4.69, 9.17) is 14.9 Å². The molecule has 3 rings (SSSR count). The van der Waals surface area contributed by atoms with E-state index >= 15 is 0 Å². The summed E-state index contributed by atoms with van der Waals surface area (Å²) in [5, 5.41) is 2.95. The molecule has 0 bridgehead atoms. The summed E-state index contributed by atoms with van der Waals surface area (Å²) < 4.78 is 10.4. The summed E-state index contributed by atoms with van der Waals surface area (Å²) in [7, 11) is 0. The third-order valence-electron chi connectivity index (χ3n) is 4.93. The molecule has 32 heavy (non-hydrogen) atoms. The molecule has 0 aromatic carbocycles. The van der Waals surface area contributed by atoms with Gasteiger partial charge in [-0.3, -0.25) is 19.3 Å². The second kappa shape index (κ2) is 9.96. The van der Waals surface area contributed by atoms with Gasteiger partial charge in [0.25, 0.3) is 11.8 Å². The molecule has 1 aliphatic heterocycles. The molecule has 0 aliphatic carbocycles. The van der Waals surface area contributed by atoms with Crippen molar-refractivity contribution >= 4 is 40.0 Å². The molecular weight excluding hydrogens is 436 g/mol. The smallest absolute Gasteiger partial charge is 0.341 e. The number of carbonyl (C=O) groups excluding carboxylic acids is 4. The van der Waals surface area contributed by atoms with Crippen molar-refractivity contribution in [2.45, 2.75) is 26.9 Å². The van der Waals surface area contributed by atoms with Crippen molar-refractivity contribution in [3.05, 3.63) is 40.2 Å². The Balaban J connectivity index is 1.62. The molecule has 2 aromatic rings. The van der Waals surface area contributed by atoms with E-state index in [0.717, 1.165) is 11.3 Å². The van der Waals surface area contributed by atoms with Crippen molar-refractivity contribution in [1.82, 2.24) is 9.80 Å². The van der Waals surface area contributed by atoms with Crippen LogP contribution in [0.2, 0.25) is 0 Å². The molecule has 1 fully saturated rings. The zero-order valence-electron chi connectivity index (χ0n) is 18.2. The zero-order chi connectivity index (χ0) is 23.4. The molecule has 2 aromatic heterocycles. The lowest BCUT2D eigenvalue weighted by Crippen LogP contribution is -2.50. The van der Waals surface area contributed by atoms with Crippen LogP contribution in [0.5, 0.6) is 0 Å². The first kappa shape index (κ1) is 23.5. The molecule has 11 heteroatoms. The molecule has 1 aliphatic rings. The number of nitrogens with zero attached hydrogens (tertiary/aromatic N) is 2. The minimum atomic E-state index is -0.677. The molecule has 0 atom stereocenters. The second-order valence-corrected chi connectivity index (χ2v) is 8.69. The minimum Gasteiger partial charge on any atom is -0.459 e. The number of hydrogen-bond donors (Lipinski definition) is 2. The summed E-state index contributed by atoms with van der Waals surface area (Å²) in [6, 6.07) is 3.28. The fourth-order valence-corrected chi connectivity index (χ4v) is 4.45. The number of carbonyl (C=O) groups is 4. The van der Waals surface area contributed by atoms with Gasteiger partial charge in [0.2, 0.25) is 5.91 Å². The fraction of sp³-hybridized carbons (Fsp3) is 0.429. The lowest BCUT2D eigenvalue weighted by molar-refractivity contribution is -0.117. The van der Waals surface area contributed by atoms with Gasteiger partial charge in [-0.2, -0.15) is 0 Å². The molecule has 1 saturated heterocycles. The van der Waals surface area contributed by atoms with E-state index in [1.807, 2.05) is 4.90 Å². The van der Waals surface area contributed by atoms with Crippen LogP contribution in [0, 0.1) is 6.92 Å². The summed E-state index contributed by atoms with van der Waals surface area (Å²) in [4.78, 5) is 53.0. The molecule has 172 valence electrons. The first-order valence-electron chi connectivity index (χ1n) is 10.2. The van der Waals surface area contributed by atoms with Crippen LogP contribution in [0.1, 0.15) is 50.0 Å². The highest BCUT2D eigenvalue weighted by molar-refractivity contribution is 7.18. The van der Waals surface area contributed by atoms with Gasteiger partial charge in [0, 0.05) is 26.2 Å². The van der Waals surface area contributed by atoms with Gasteiger partial charge < -0.3 is 25.1 Å². The van der Waals surface area contributed by atoms with Gasteiger partial charge in [0.1, 0.15) is 5.00 Å². The van der Waals surface area contributed by atoms with Crippen LogP contribution in [0.4, 0.5) is 5.00 Å². The summed E-state index contributed by atoms with van der Waals surface area (Å²) in [6.45, 7) is 7.04. The van der Waals surface area contributed by atoms with Crippen LogP contribution in [0.3, 0.4) is 0 Å². The summed E-state index contributed by atoms with van der Waals surface area (Å²) in [5.41, 5.74) is 5.93. The number of primary amides is 1. The van der Waals surface area contributed by atoms with E-state index in [0.29, 0.717) is 31.7 Å². The van der Waals surface area contributed by atoms with Gasteiger partial charge in [-0.25, -0.2) is 4.79 Å². The number of ether oxygens (including phenoxy) is 1. The maximum atomic E-state index is 12.7. The third kappa shape index (κ3) is 5.35. The van der Waals surface area contributed by atoms with E-state index < -0.39 is 11.9 Å². The van der Waals surface area contributed by atoms with E-state index in [1.165, 1.54) is 6.26 Å². The summed E-state index contributed by atoms with van der Waals surface area (Å²) in [6.07, 6.45) is 1.09. The van der Waals surface area contributed by atoms with Gasteiger partial charge in [-0.05, 0) is 38.5 Å². The Morgan fingerprint density at radius 1 is 1.22 bits per heavy atom. The largest absolute Gasteiger partial charge is 0.459 e. The number of thiophene rings is 1. The van der Waals surface area contributed by atoms with Crippen molar-refractivity contribution in [2.24, 2.45) is 5.73 Å². The maximum Gasteiger partial charge on any atom is 0.341 e. The lowest BCUT2D eigenvalue weighted by atomic mass is 10.1. The quantitative estimate of drug-likeness (QED) is 0.598. The maximum absolute atomic E-state index is 12.7. The number of esters is 1. The SMILES string of the molecule is Cc1c(C(N)=O)sc(NC(=O)CN2CCN(C(=O)c3ccco3)CC2)c1C(=O)OC(C)C. The third-order valence-corrected chi connectivity index (χ3v) is 6.15. The average molecular weight is 463 g/mol. The first-order valence-corrected chi connectivity index (χ1v) is 11.0. The van der Waals surface area contributed by atoms with Crippen molar-refractivity contribution in [3.8, 4) is 0 Å². The standard InChI is InChI=1S/C21H26N4O6S/c1-12(2)31-21(29)16-13(3)17(18(22)27)32-19(16)23-15(26)11-24-6-8-25(9-7-24)20(28)14-5-4-10-30-14/h4-5,10,12H,6-9,11H2,1-3H3,(H2,22,27)(H,23,26). The predicted molar refractivity (Wildman–Crippen MR) is 118 cm³/mol. The monoisotopic (exact) mass is 462 g/mol. The van der Waals surface area contributed by atoms with E-state index in [9.17, 15) is 19.2 Å². The normalized spacial score (nSPS) is 14.4. The molecule has 0 spiro atoms. The van der Waals surface area contributed by atoms with Crippen LogP contribution < -0.4 is 11.1 Å². The van der Waals surface area contributed by atoms with Gasteiger partial charge in [-0.15, -0.1) is 11.3 Å². The molecule has 3 N–H and O–H groups in total. The number of nitrogens with two attached hydrogens (primary N) is 1. The van der Waals surface area contributed by atoms with Crippen LogP contribution in [0.15, 0.2) is 22.8 Å². The number of hydrogen-bond acceptors (Lipinski definition) is 8. The van der Waals surface area contributed by atoms with Crippen LogP contribution in [-0.2, 0) is 9.53 Å². The zero-order valence-corrected chi connectivity index (χ0v) is 19.0. The van der Waals surface area contributed by atoms with Crippen molar-refractivity contribution in [1.29, 1.82) is 0 Å². The number of anilines is 1. The lowest BCUT2D eigenvalue weighted by Gasteiger charge is -2.33. The van der Waals surface area contributed by atoms with Crippen LogP contribution in [0.25, 0.3) is 0 Å². The Labute approximate surface area is 189 Å². The summed E-state index contributed by atoms with van der Waals surface area (Å²) >= 11 is 0.954. The Morgan fingerprint density at radius 2 is 1.91 bits per heavy atom. The van der Waals surface area contributed by atoms with Crippen molar-refractivity contribution < 1.29 is 28.3 Å². The van der Waals surface area contributed by atoms with Gasteiger partial charge >= 0.3 is 5.97 Å². The van der Waals surface area contributed by atoms with Gasteiger partial charge in [0.15, 0.2) is 5.76 Å². The Kier molecular flexibility index (Phi) is 7.31. The van der Waals surface area contributed by atoms with Crippen LogP contribution >= 0.6 is 11.3 Å². The molecule has 0 saturated carbocycles. The number of amides is 3. The molecular formula is C21H26N4O6S. The molecule has 0 radical (unpaired) electrons. The minimum absolute atomic E-state index is 0.0737. The molecule has 10 nitrogen and oxygen atoms in total. The van der Waals surface area contributed by atoms with E-state index in [2.05, 4.69) is 5.32 Å².